The Labute approximate surface area is 126 Å². The molecule has 3 unspecified atom stereocenters. The number of ether oxygens (including phenoxy) is 1. The van der Waals surface area contributed by atoms with Gasteiger partial charge in [-0.3, -0.25) is 0 Å². The second kappa shape index (κ2) is 8.38. The Kier molecular flexibility index (Phi) is 6.83. The van der Waals surface area contributed by atoms with E-state index < -0.39 is 0 Å². The maximum absolute atomic E-state index is 6.39. The van der Waals surface area contributed by atoms with Gasteiger partial charge in [-0.05, 0) is 62.8 Å². The van der Waals surface area contributed by atoms with E-state index in [1.807, 2.05) is 0 Å². The molecule has 2 aliphatic carbocycles. The lowest BCUT2D eigenvalue weighted by molar-refractivity contribution is -0.0303. The molecule has 0 radical (unpaired) electrons. The Bertz CT molecular complexity index is 260. The van der Waals surface area contributed by atoms with Crippen LogP contribution in [0, 0.1) is 17.8 Å². The topological polar surface area (TPSA) is 21.3 Å². The first kappa shape index (κ1) is 16.3. The van der Waals surface area contributed by atoms with Gasteiger partial charge in [0, 0.05) is 12.6 Å². The van der Waals surface area contributed by atoms with Gasteiger partial charge in [0.05, 0.1) is 6.10 Å². The van der Waals surface area contributed by atoms with Crippen molar-refractivity contribution in [1.82, 2.24) is 5.32 Å². The second-order valence-corrected chi connectivity index (χ2v) is 7.40. The fourth-order valence-electron chi connectivity index (χ4n) is 3.95. The van der Waals surface area contributed by atoms with E-state index in [0.29, 0.717) is 12.1 Å². The molecule has 0 heterocycles. The van der Waals surface area contributed by atoms with Crippen molar-refractivity contribution in [3.8, 4) is 0 Å². The van der Waals surface area contributed by atoms with E-state index in [-0.39, 0.29) is 0 Å². The van der Waals surface area contributed by atoms with Crippen molar-refractivity contribution in [3.63, 3.8) is 0 Å². The normalized spacial score (nSPS) is 32.1. The van der Waals surface area contributed by atoms with Crippen molar-refractivity contribution in [1.29, 1.82) is 0 Å². The summed E-state index contributed by atoms with van der Waals surface area (Å²) in [5, 5.41) is 3.73. The zero-order valence-corrected chi connectivity index (χ0v) is 13.9. The Balaban J connectivity index is 1.83. The van der Waals surface area contributed by atoms with Gasteiger partial charge in [-0.1, -0.05) is 33.6 Å². The SMILES string of the molecule is CCCNC1CCC(C(C)C)CC1OCC1CCCC1. The molecule has 2 aliphatic rings. The van der Waals surface area contributed by atoms with Gasteiger partial charge in [0.1, 0.15) is 0 Å². The van der Waals surface area contributed by atoms with Crippen molar-refractivity contribution in [3.05, 3.63) is 0 Å². The summed E-state index contributed by atoms with van der Waals surface area (Å²) in [4.78, 5) is 0. The Morgan fingerprint density at radius 1 is 1.10 bits per heavy atom. The Hall–Kier alpha value is -0.0800. The molecule has 0 saturated heterocycles. The molecule has 118 valence electrons. The van der Waals surface area contributed by atoms with E-state index in [9.17, 15) is 0 Å². The second-order valence-electron chi connectivity index (χ2n) is 7.40. The highest BCUT2D eigenvalue weighted by atomic mass is 16.5. The third kappa shape index (κ3) is 4.73. The van der Waals surface area contributed by atoms with Crippen LogP contribution in [0.5, 0.6) is 0 Å². The first-order valence-corrected chi connectivity index (χ1v) is 9.05. The minimum Gasteiger partial charge on any atom is -0.376 e. The maximum Gasteiger partial charge on any atom is 0.0730 e. The molecule has 2 rings (SSSR count). The molecule has 0 aliphatic heterocycles. The summed E-state index contributed by atoms with van der Waals surface area (Å²) in [5.74, 6) is 2.52. The van der Waals surface area contributed by atoms with E-state index in [2.05, 4.69) is 26.1 Å². The standard InChI is InChI=1S/C18H35NO/c1-4-11-19-17-10-9-16(14(2)3)12-18(17)20-13-15-7-5-6-8-15/h14-19H,4-13H2,1-3H3. The summed E-state index contributed by atoms with van der Waals surface area (Å²) in [6.45, 7) is 9.15. The average Bonchev–Trinajstić information content (AvgIpc) is 2.96. The predicted molar refractivity (Wildman–Crippen MR) is 86.0 cm³/mol. The van der Waals surface area contributed by atoms with Crippen LogP contribution >= 0.6 is 0 Å². The summed E-state index contributed by atoms with van der Waals surface area (Å²) >= 11 is 0. The van der Waals surface area contributed by atoms with E-state index in [1.54, 1.807) is 0 Å². The zero-order valence-electron chi connectivity index (χ0n) is 13.9. The largest absolute Gasteiger partial charge is 0.376 e. The Morgan fingerprint density at radius 3 is 2.50 bits per heavy atom. The number of rotatable bonds is 7. The van der Waals surface area contributed by atoms with Crippen LogP contribution < -0.4 is 5.32 Å². The van der Waals surface area contributed by atoms with Gasteiger partial charge in [0.15, 0.2) is 0 Å². The molecule has 0 aromatic carbocycles. The van der Waals surface area contributed by atoms with E-state index in [0.717, 1.165) is 30.9 Å². The molecule has 2 fully saturated rings. The Morgan fingerprint density at radius 2 is 1.85 bits per heavy atom. The first-order chi connectivity index (χ1) is 9.70. The summed E-state index contributed by atoms with van der Waals surface area (Å²) in [5.41, 5.74) is 0. The first-order valence-electron chi connectivity index (χ1n) is 9.05. The molecule has 1 N–H and O–H groups in total. The van der Waals surface area contributed by atoms with Crippen LogP contribution in [-0.4, -0.2) is 25.3 Å². The molecule has 0 bridgehead atoms. The molecule has 2 nitrogen and oxygen atoms in total. The summed E-state index contributed by atoms with van der Waals surface area (Å²) < 4.78 is 6.39. The molecule has 20 heavy (non-hydrogen) atoms. The maximum atomic E-state index is 6.39. The van der Waals surface area contributed by atoms with Gasteiger partial charge in [-0.2, -0.15) is 0 Å². The van der Waals surface area contributed by atoms with E-state index >= 15 is 0 Å². The van der Waals surface area contributed by atoms with Crippen LogP contribution in [0.1, 0.15) is 72.1 Å². The van der Waals surface area contributed by atoms with E-state index in [1.165, 1.54) is 51.4 Å². The molecular formula is C18H35NO. The fourth-order valence-corrected chi connectivity index (χ4v) is 3.95. The lowest BCUT2D eigenvalue weighted by atomic mass is 9.78. The lowest BCUT2D eigenvalue weighted by Crippen LogP contribution is -2.47. The van der Waals surface area contributed by atoms with Gasteiger partial charge in [-0.15, -0.1) is 0 Å². The van der Waals surface area contributed by atoms with Crippen molar-refractivity contribution < 1.29 is 4.74 Å². The van der Waals surface area contributed by atoms with Crippen LogP contribution in [0.15, 0.2) is 0 Å². The van der Waals surface area contributed by atoms with Gasteiger partial charge < -0.3 is 10.1 Å². The third-order valence-electron chi connectivity index (χ3n) is 5.45. The highest BCUT2D eigenvalue weighted by molar-refractivity contribution is 4.87. The highest BCUT2D eigenvalue weighted by Gasteiger charge is 2.32. The lowest BCUT2D eigenvalue weighted by Gasteiger charge is -2.38. The van der Waals surface area contributed by atoms with Gasteiger partial charge in [-0.25, -0.2) is 0 Å². The summed E-state index contributed by atoms with van der Waals surface area (Å²) in [6, 6.07) is 0.603. The summed E-state index contributed by atoms with van der Waals surface area (Å²) in [7, 11) is 0. The smallest absolute Gasteiger partial charge is 0.0730 e. The third-order valence-corrected chi connectivity index (χ3v) is 5.45. The number of nitrogens with one attached hydrogen (secondary N) is 1. The van der Waals surface area contributed by atoms with Crippen LogP contribution in [-0.2, 0) is 4.74 Å². The van der Waals surface area contributed by atoms with Crippen molar-refractivity contribution >= 4 is 0 Å². The van der Waals surface area contributed by atoms with Crippen LogP contribution in [0.3, 0.4) is 0 Å². The minimum absolute atomic E-state index is 0.461. The monoisotopic (exact) mass is 281 g/mol. The molecule has 2 heteroatoms. The van der Waals surface area contributed by atoms with Gasteiger partial charge in [0.2, 0.25) is 0 Å². The number of hydrogen-bond acceptors (Lipinski definition) is 2. The highest BCUT2D eigenvalue weighted by Crippen LogP contribution is 2.33. The molecular weight excluding hydrogens is 246 g/mol. The van der Waals surface area contributed by atoms with Crippen molar-refractivity contribution in [2.75, 3.05) is 13.2 Å². The molecule has 2 saturated carbocycles. The van der Waals surface area contributed by atoms with Crippen molar-refractivity contribution in [2.24, 2.45) is 17.8 Å². The predicted octanol–water partition coefficient (Wildman–Crippen LogP) is 4.39. The molecule has 0 aromatic rings. The van der Waals surface area contributed by atoms with Crippen molar-refractivity contribution in [2.45, 2.75) is 84.3 Å². The minimum atomic E-state index is 0.461. The summed E-state index contributed by atoms with van der Waals surface area (Å²) in [6.07, 6.45) is 11.3. The quantitative estimate of drug-likeness (QED) is 0.747. The molecule has 0 spiro atoms. The molecule has 0 aromatic heterocycles. The zero-order chi connectivity index (χ0) is 14.4. The van der Waals surface area contributed by atoms with Crippen LogP contribution in [0.4, 0.5) is 0 Å². The van der Waals surface area contributed by atoms with Gasteiger partial charge >= 0.3 is 0 Å². The molecule has 3 atom stereocenters. The molecule has 0 amide bonds. The number of hydrogen-bond donors (Lipinski definition) is 1. The van der Waals surface area contributed by atoms with Crippen LogP contribution in [0.2, 0.25) is 0 Å². The average molecular weight is 281 g/mol. The van der Waals surface area contributed by atoms with E-state index in [4.69, 9.17) is 4.74 Å². The van der Waals surface area contributed by atoms with Gasteiger partial charge in [0.25, 0.3) is 0 Å². The van der Waals surface area contributed by atoms with Crippen LogP contribution in [0.25, 0.3) is 0 Å². The fraction of sp³-hybridized carbons (Fsp3) is 1.00.